The quantitative estimate of drug-likeness (QED) is 0.0176. The summed E-state index contributed by atoms with van der Waals surface area (Å²) in [6.07, 6.45) is 7.38. The summed E-state index contributed by atoms with van der Waals surface area (Å²) >= 11 is 24.8. The van der Waals surface area contributed by atoms with Gasteiger partial charge in [-0.15, -0.1) is 0 Å². The first kappa shape index (κ1) is 99.6. The predicted octanol–water partition coefficient (Wildman–Crippen LogP) is 18.4. The van der Waals surface area contributed by atoms with Crippen molar-refractivity contribution in [3.63, 3.8) is 0 Å². The zero-order chi connectivity index (χ0) is 92.2. The summed E-state index contributed by atoms with van der Waals surface area (Å²) in [6.45, 7) is 35.0. The number of amides is 3. The number of phosphoric ester groups is 3. The maximum atomic E-state index is 16.2. The molecule has 3 saturated heterocycles. The highest BCUT2D eigenvalue weighted by Crippen LogP contribution is 2.57. The number of benzene rings is 6. The number of halogens is 10. The van der Waals surface area contributed by atoms with Crippen molar-refractivity contribution in [2.75, 3.05) is 113 Å². The summed E-state index contributed by atoms with van der Waals surface area (Å²) in [5.74, 6) is -5.17. The van der Waals surface area contributed by atoms with Gasteiger partial charge in [0, 0.05) is 111 Å². The van der Waals surface area contributed by atoms with Gasteiger partial charge in [-0.25, -0.2) is 79.0 Å². The van der Waals surface area contributed by atoms with E-state index in [1.165, 1.54) is 91.8 Å². The molecule has 3 N–H and O–H groups in total. The van der Waals surface area contributed by atoms with Crippen molar-refractivity contribution in [3.8, 4) is 50.6 Å². The molecule has 3 amide bonds. The van der Waals surface area contributed by atoms with E-state index in [1.807, 2.05) is 14.7 Å². The maximum absolute atomic E-state index is 16.2. The Morgan fingerprint density at radius 3 is 0.984 bits per heavy atom. The average molecular weight is 1880 g/mol. The van der Waals surface area contributed by atoms with Gasteiger partial charge in [0.25, 0.3) is 0 Å². The van der Waals surface area contributed by atoms with E-state index in [4.69, 9.17) is 92.8 Å². The average Bonchev–Trinajstić information content (AvgIpc) is 0.760. The number of ether oxygens (including phenoxy) is 2. The van der Waals surface area contributed by atoms with Crippen molar-refractivity contribution in [2.24, 2.45) is 0 Å². The Kier molecular flexibility index (Phi) is 33.3. The molecule has 0 aliphatic carbocycles. The molecule has 9 aromatic rings. The minimum Gasteiger partial charge on any atom is -0.507 e. The molecule has 12 rings (SSSR count). The number of phenols is 1. The Bertz CT molecular complexity index is 5590. The molecule has 3 fully saturated rings. The molecule has 125 heavy (non-hydrogen) atoms. The molecular weight excluding hydrogens is 1790 g/mol. The van der Waals surface area contributed by atoms with Crippen LogP contribution in [0.3, 0.4) is 0 Å². The van der Waals surface area contributed by atoms with Crippen LogP contribution in [0.15, 0.2) is 130 Å². The lowest BCUT2D eigenvalue weighted by molar-refractivity contribution is -0.127. The topological polar surface area (TPSA) is 343 Å². The Morgan fingerprint density at radius 1 is 0.424 bits per heavy atom. The van der Waals surface area contributed by atoms with Gasteiger partial charge in [-0.3, -0.25) is 37.0 Å². The Labute approximate surface area is 737 Å². The third kappa shape index (κ3) is 26.1. The van der Waals surface area contributed by atoms with E-state index in [1.54, 1.807) is 97.8 Å². The molecule has 6 aromatic carbocycles. The Morgan fingerprint density at radius 2 is 0.704 bits per heavy atom. The van der Waals surface area contributed by atoms with Crippen LogP contribution < -0.4 is 24.2 Å². The summed E-state index contributed by atoms with van der Waals surface area (Å²) < 4.78 is 176. The van der Waals surface area contributed by atoms with E-state index in [0.29, 0.717) is 107 Å². The summed E-state index contributed by atoms with van der Waals surface area (Å²) in [7, 11) is -12.6. The highest BCUT2D eigenvalue weighted by atomic mass is 35.5. The van der Waals surface area contributed by atoms with Gasteiger partial charge in [0.1, 0.15) is 93.8 Å². The molecule has 3 aliphatic rings. The van der Waals surface area contributed by atoms with Crippen LogP contribution in [0.2, 0.25) is 15.1 Å². The smallest absolute Gasteiger partial charge is 0.478 e. The number of aromatic hydroxyl groups is 1. The summed E-state index contributed by atoms with van der Waals surface area (Å²) in [4.78, 5) is 89.1. The monoisotopic (exact) mass is 1880 g/mol. The number of carbonyl (C=O) groups is 3. The molecule has 43 heteroatoms. The zero-order valence-corrected chi connectivity index (χ0v) is 75.8. The van der Waals surface area contributed by atoms with Crippen LogP contribution in [0.1, 0.15) is 83.1 Å². The molecule has 0 bridgehead atoms. The predicted molar refractivity (Wildman–Crippen MR) is 464 cm³/mol. The standard InChI is InChI=1S/C30H36ClF2N4O6P.C22H20ClF2N4O6P.C21H17ClF2N4O2.C9H20ClO4P/c1-8-23(38)36-12-14-37(15-13-36)28-19-16-20(31)24(26(33)27(19)34-17-35-28)25-21(32)10-9-11-22(25)40-18-41-44(39,42-29(2,3)4)43-30(5,6)7;1-2-17(30)28-6-8-29(9-7-28)22-13-10-14(23)18(20(25)21(13)26-11-27-22)19-15(24)4-3-5-16(19)34-12-35-36(31,32)33;1-2-16(30)27-6-8-28(9-7-27)21-12-10-13(22)17(19(24)20(12)25-11-26-21)18-14(23)4-3-5-15(18)29;1-8(2,3)13-15(11,12-7-10)14-9(4,5)6/h8-11,16-17H,1,12-15,18H2,2-7H3;2-5,10-11H,1,6-9,12H2,(H2,31,32,33);2-5,10-11,29H,1,6-9H2;7H2,1-6H3. The molecule has 3 aromatic heterocycles. The van der Waals surface area contributed by atoms with Gasteiger partial charge in [-0.1, -0.05) is 84.3 Å². The highest BCUT2D eigenvalue weighted by molar-refractivity contribution is 7.49. The van der Waals surface area contributed by atoms with Crippen molar-refractivity contribution in [3.05, 3.63) is 180 Å². The summed E-state index contributed by atoms with van der Waals surface area (Å²) in [6, 6.07) is 15.3. The van der Waals surface area contributed by atoms with Crippen molar-refractivity contribution < 1.29 is 110 Å². The third-order valence-corrected chi connectivity index (χ3v) is 23.4. The lowest BCUT2D eigenvalue weighted by Gasteiger charge is -2.35. The van der Waals surface area contributed by atoms with Gasteiger partial charge >= 0.3 is 23.5 Å². The minimum atomic E-state index is -4.85. The van der Waals surface area contributed by atoms with Crippen LogP contribution >= 0.6 is 69.9 Å². The number of hydrogen-bond acceptors (Lipinski definition) is 25. The fourth-order valence-corrected chi connectivity index (χ4v) is 17.6. The fourth-order valence-electron chi connectivity index (χ4n) is 12.9. The Hall–Kier alpha value is -9.16. The molecule has 6 heterocycles. The molecule has 0 spiro atoms. The SMILES string of the molecule is C=CC(=O)N1CCN(c2ncnc3c(F)c(-c4c(F)cccc4OCOP(=O)(O)O)c(Cl)cc23)CC1.C=CC(=O)N1CCN(c2ncnc3c(F)c(-c4c(F)cccc4OCOP(=O)(OC(C)(C)C)OC(C)(C)C)c(Cl)cc23)CC1.C=CC(=O)N1CCN(c2ncnc3c(F)c(-c4c(O)cccc4F)c(Cl)cc23)CC1.CC(C)(C)OP(=O)(OCCl)OC(C)(C)C. The first-order valence-electron chi connectivity index (χ1n) is 38.3. The Balaban J connectivity index is 0.000000199. The van der Waals surface area contributed by atoms with E-state index < -0.39 is 100 Å². The molecule has 0 unspecified atom stereocenters. The number of carbonyl (C=O) groups excluding carboxylic acids is 3. The maximum Gasteiger partial charge on any atom is 0.478 e. The van der Waals surface area contributed by atoms with Crippen LogP contribution in [-0.4, -0.2) is 198 Å². The molecule has 0 radical (unpaired) electrons. The second kappa shape index (κ2) is 41.7. The number of aromatic nitrogens is 6. The van der Waals surface area contributed by atoms with E-state index >= 15 is 17.6 Å². The number of nitrogens with zero attached hydrogens (tertiary/aromatic N) is 12. The van der Waals surface area contributed by atoms with Crippen molar-refractivity contribution in [1.29, 1.82) is 0 Å². The van der Waals surface area contributed by atoms with Crippen LogP contribution in [-0.2, 0) is 59.7 Å². The van der Waals surface area contributed by atoms with E-state index in [9.17, 15) is 42.0 Å². The minimum absolute atomic E-state index is 0.0355. The van der Waals surface area contributed by atoms with Gasteiger partial charge in [-0.05, 0) is 156 Å². The largest absolute Gasteiger partial charge is 0.507 e. The van der Waals surface area contributed by atoms with Crippen LogP contribution in [0, 0.1) is 34.9 Å². The van der Waals surface area contributed by atoms with Gasteiger partial charge in [0.05, 0.1) is 54.2 Å². The molecular formula is C82H93Cl4F6N12O18P3. The van der Waals surface area contributed by atoms with Gasteiger partial charge in [0.15, 0.2) is 31.0 Å². The summed E-state index contributed by atoms with van der Waals surface area (Å²) in [5.41, 5.74) is -5.09. The number of fused-ring (bicyclic) bond motifs is 3. The number of hydrogen-bond donors (Lipinski definition) is 3. The van der Waals surface area contributed by atoms with Gasteiger partial charge < -0.3 is 53.8 Å². The number of piperazine rings is 3. The van der Waals surface area contributed by atoms with E-state index in [2.05, 4.69) is 54.2 Å². The second-order valence-corrected chi connectivity index (χ2v) is 37.3. The molecule has 0 saturated carbocycles. The van der Waals surface area contributed by atoms with E-state index in [-0.39, 0.29) is 106 Å². The fraction of sp³-hybridized carbons (Fsp3) is 0.378. The zero-order valence-electron chi connectivity index (χ0n) is 70.1. The first-order valence-corrected chi connectivity index (χ1v) is 44.4. The third-order valence-electron chi connectivity index (χ3n) is 17.9. The molecule has 3 aliphatic heterocycles. The van der Waals surface area contributed by atoms with Crippen LogP contribution in [0.5, 0.6) is 17.2 Å². The van der Waals surface area contributed by atoms with E-state index in [0.717, 1.165) is 18.2 Å². The highest BCUT2D eigenvalue weighted by Gasteiger charge is 2.40. The number of phenolic OH excluding ortho intramolecular Hbond substituents is 1. The van der Waals surface area contributed by atoms with Gasteiger partial charge in [0.2, 0.25) is 17.7 Å². The normalized spacial score (nSPS) is 14.4. The van der Waals surface area contributed by atoms with Crippen molar-refractivity contribution in [2.45, 2.75) is 105 Å². The number of alkyl halides is 1. The lowest BCUT2D eigenvalue weighted by atomic mass is 10.0. The molecule has 30 nitrogen and oxygen atoms in total. The van der Waals surface area contributed by atoms with Crippen molar-refractivity contribution >= 4 is 138 Å². The van der Waals surface area contributed by atoms with Crippen LogP contribution in [0.4, 0.5) is 43.8 Å². The van der Waals surface area contributed by atoms with Crippen LogP contribution in [0.25, 0.3) is 66.1 Å². The summed E-state index contributed by atoms with van der Waals surface area (Å²) in [5, 5.41) is 10.7. The molecule has 674 valence electrons. The number of anilines is 3. The lowest BCUT2D eigenvalue weighted by Crippen LogP contribution is -2.48. The second-order valence-electron chi connectivity index (χ2n) is 31.6. The number of phosphoric acid groups is 3. The first-order chi connectivity index (χ1) is 58.5. The van der Waals surface area contributed by atoms with Crippen molar-refractivity contribution in [1.82, 2.24) is 44.6 Å². The molecule has 0 atom stereocenters. The van der Waals surface area contributed by atoms with Gasteiger partial charge in [-0.2, -0.15) is 0 Å². The number of rotatable bonds is 23.